The Kier molecular flexibility index (Phi) is 8.29. The van der Waals surface area contributed by atoms with E-state index in [1.54, 1.807) is 30.5 Å². The molecule has 3 aromatic rings. The quantitative estimate of drug-likeness (QED) is 0.393. The minimum absolute atomic E-state index is 0.106. The lowest BCUT2D eigenvalue weighted by molar-refractivity contribution is -0.121. The topological polar surface area (TPSA) is 123 Å². The molecule has 0 spiro atoms. The Bertz CT molecular complexity index is 1300. The van der Waals surface area contributed by atoms with Gasteiger partial charge in [0, 0.05) is 34.8 Å². The second kappa shape index (κ2) is 11.6. The van der Waals surface area contributed by atoms with Crippen molar-refractivity contribution in [3.05, 3.63) is 92.4 Å². The highest BCUT2D eigenvalue weighted by atomic mass is 79.9. The SMILES string of the molecule is CCc1cn([C@H]2CC(O)[C@@H](CNC(=O)Cc3ccccc3Br)O2)c(=O)nc1NC(=O)c1ccccc1. The summed E-state index contributed by atoms with van der Waals surface area (Å²) in [7, 11) is 0. The normalized spacial score (nSPS) is 19.1. The molecule has 0 bridgehead atoms. The molecule has 3 atom stereocenters. The van der Waals surface area contributed by atoms with Gasteiger partial charge in [0.1, 0.15) is 18.1 Å². The fourth-order valence-corrected chi connectivity index (χ4v) is 4.44. The van der Waals surface area contributed by atoms with Gasteiger partial charge in [0.15, 0.2) is 0 Å². The van der Waals surface area contributed by atoms with Crippen molar-refractivity contribution in [2.75, 3.05) is 11.9 Å². The van der Waals surface area contributed by atoms with E-state index in [0.717, 1.165) is 10.0 Å². The predicted octanol–water partition coefficient (Wildman–Crippen LogP) is 2.83. The van der Waals surface area contributed by atoms with Crippen LogP contribution in [0.15, 0.2) is 70.1 Å². The number of nitrogens with one attached hydrogen (secondary N) is 2. The summed E-state index contributed by atoms with van der Waals surface area (Å²) in [5.74, 6) is -0.366. The molecule has 1 aromatic heterocycles. The number of aliphatic hydroxyl groups excluding tert-OH is 1. The zero-order valence-electron chi connectivity index (χ0n) is 19.7. The van der Waals surface area contributed by atoms with Crippen LogP contribution in [-0.4, -0.2) is 45.2 Å². The predicted molar refractivity (Wildman–Crippen MR) is 138 cm³/mol. The first-order valence-electron chi connectivity index (χ1n) is 11.7. The van der Waals surface area contributed by atoms with Crippen LogP contribution in [0.5, 0.6) is 0 Å². The molecule has 1 fully saturated rings. The molecule has 1 aliphatic rings. The van der Waals surface area contributed by atoms with Crippen LogP contribution in [0.25, 0.3) is 0 Å². The van der Waals surface area contributed by atoms with Crippen molar-refractivity contribution in [2.24, 2.45) is 0 Å². The number of amides is 2. The summed E-state index contributed by atoms with van der Waals surface area (Å²) in [5, 5.41) is 16.0. The number of nitrogens with zero attached hydrogens (tertiary/aromatic N) is 2. The second-order valence-electron chi connectivity index (χ2n) is 8.48. The summed E-state index contributed by atoms with van der Waals surface area (Å²) >= 11 is 3.43. The van der Waals surface area contributed by atoms with Crippen LogP contribution in [0, 0.1) is 0 Å². The van der Waals surface area contributed by atoms with Gasteiger partial charge in [0.25, 0.3) is 5.91 Å². The molecule has 0 aliphatic carbocycles. The van der Waals surface area contributed by atoms with Gasteiger partial charge in [-0.1, -0.05) is 59.3 Å². The Balaban J connectivity index is 1.40. The number of benzene rings is 2. The van der Waals surface area contributed by atoms with Crippen LogP contribution < -0.4 is 16.3 Å². The number of aliphatic hydroxyl groups is 1. The highest BCUT2D eigenvalue weighted by Crippen LogP contribution is 2.28. The molecule has 2 aromatic carbocycles. The third-order valence-corrected chi connectivity index (χ3v) is 6.77. The molecule has 10 heteroatoms. The van der Waals surface area contributed by atoms with Gasteiger partial charge in [-0.3, -0.25) is 14.2 Å². The lowest BCUT2D eigenvalue weighted by Gasteiger charge is -2.18. The van der Waals surface area contributed by atoms with Gasteiger partial charge >= 0.3 is 5.69 Å². The van der Waals surface area contributed by atoms with E-state index in [4.69, 9.17) is 4.74 Å². The molecule has 1 aliphatic heterocycles. The largest absolute Gasteiger partial charge is 0.390 e. The van der Waals surface area contributed by atoms with Crippen molar-refractivity contribution in [2.45, 2.75) is 44.6 Å². The summed E-state index contributed by atoms with van der Waals surface area (Å²) in [5.41, 5.74) is 1.36. The number of hydrogen-bond donors (Lipinski definition) is 3. The molecule has 0 radical (unpaired) electrons. The minimum Gasteiger partial charge on any atom is -0.390 e. The Labute approximate surface area is 216 Å². The van der Waals surface area contributed by atoms with Crippen LogP contribution in [0.4, 0.5) is 5.82 Å². The maximum Gasteiger partial charge on any atom is 0.351 e. The van der Waals surface area contributed by atoms with E-state index in [1.807, 2.05) is 37.3 Å². The summed E-state index contributed by atoms with van der Waals surface area (Å²) in [6, 6.07) is 16.1. The fourth-order valence-electron chi connectivity index (χ4n) is 4.01. The number of anilines is 1. The van der Waals surface area contributed by atoms with Crippen molar-refractivity contribution in [3.63, 3.8) is 0 Å². The molecule has 188 valence electrons. The summed E-state index contributed by atoms with van der Waals surface area (Å²) in [4.78, 5) is 41.8. The van der Waals surface area contributed by atoms with Gasteiger partial charge in [0.2, 0.25) is 5.91 Å². The minimum atomic E-state index is -0.867. The summed E-state index contributed by atoms with van der Waals surface area (Å²) < 4.78 is 8.09. The van der Waals surface area contributed by atoms with E-state index in [9.17, 15) is 19.5 Å². The van der Waals surface area contributed by atoms with E-state index in [-0.39, 0.29) is 37.0 Å². The van der Waals surface area contributed by atoms with Crippen molar-refractivity contribution >= 4 is 33.6 Å². The molecule has 9 nitrogen and oxygen atoms in total. The number of carbonyl (C=O) groups excluding carboxylic acids is 2. The van der Waals surface area contributed by atoms with Crippen LogP contribution >= 0.6 is 15.9 Å². The average molecular weight is 555 g/mol. The second-order valence-corrected chi connectivity index (χ2v) is 9.34. The first-order chi connectivity index (χ1) is 17.4. The van der Waals surface area contributed by atoms with E-state index < -0.39 is 24.1 Å². The van der Waals surface area contributed by atoms with Gasteiger partial charge in [-0.25, -0.2) is 4.79 Å². The van der Waals surface area contributed by atoms with E-state index >= 15 is 0 Å². The highest BCUT2D eigenvalue weighted by molar-refractivity contribution is 9.10. The third kappa shape index (κ3) is 6.07. The molecule has 3 N–H and O–H groups in total. The molecule has 1 saturated heterocycles. The number of ether oxygens (including phenoxy) is 1. The number of halogens is 1. The standard InChI is InChI=1S/C26H27BrN4O5/c1-2-16-15-31(26(35)30-24(16)29-25(34)17-8-4-3-5-9-17)23-13-20(32)21(36-23)14-28-22(33)12-18-10-6-7-11-19(18)27/h3-11,15,20-21,23,32H,2,12-14H2,1H3,(H,28,33)(H,29,30,34,35)/t20?,21-,23-/m1/s1. The lowest BCUT2D eigenvalue weighted by atomic mass is 10.1. The van der Waals surface area contributed by atoms with Gasteiger partial charge in [-0.2, -0.15) is 4.98 Å². The molecule has 2 amide bonds. The van der Waals surface area contributed by atoms with Crippen LogP contribution in [0.3, 0.4) is 0 Å². The number of carbonyl (C=O) groups is 2. The first kappa shape index (κ1) is 25.7. The molecule has 0 saturated carbocycles. The molecule has 2 heterocycles. The molecule has 4 rings (SSSR count). The Morgan fingerprint density at radius 1 is 1.14 bits per heavy atom. The van der Waals surface area contributed by atoms with E-state index in [1.165, 1.54) is 4.57 Å². The van der Waals surface area contributed by atoms with Crippen molar-refractivity contribution in [1.29, 1.82) is 0 Å². The van der Waals surface area contributed by atoms with Crippen molar-refractivity contribution in [1.82, 2.24) is 14.9 Å². The van der Waals surface area contributed by atoms with Crippen LogP contribution in [0.2, 0.25) is 0 Å². The molecule has 36 heavy (non-hydrogen) atoms. The Morgan fingerprint density at radius 2 is 1.86 bits per heavy atom. The zero-order chi connectivity index (χ0) is 25.7. The Morgan fingerprint density at radius 3 is 2.58 bits per heavy atom. The van der Waals surface area contributed by atoms with Gasteiger partial charge < -0.3 is 20.5 Å². The molecular formula is C26H27BrN4O5. The van der Waals surface area contributed by atoms with E-state index in [0.29, 0.717) is 17.5 Å². The number of aryl methyl sites for hydroxylation is 1. The maximum absolute atomic E-state index is 12.8. The smallest absolute Gasteiger partial charge is 0.351 e. The monoisotopic (exact) mass is 554 g/mol. The number of hydrogen-bond acceptors (Lipinski definition) is 6. The summed E-state index contributed by atoms with van der Waals surface area (Å²) in [6.45, 7) is 1.99. The number of rotatable bonds is 8. The summed E-state index contributed by atoms with van der Waals surface area (Å²) in [6.07, 6.45) is 0.191. The molecule has 1 unspecified atom stereocenters. The van der Waals surface area contributed by atoms with Gasteiger partial charge in [0.05, 0.1) is 12.5 Å². The lowest BCUT2D eigenvalue weighted by Crippen LogP contribution is -2.38. The molecular weight excluding hydrogens is 528 g/mol. The maximum atomic E-state index is 12.8. The zero-order valence-corrected chi connectivity index (χ0v) is 21.3. The first-order valence-corrected chi connectivity index (χ1v) is 12.5. The Hall–Kier alpha value is -3.34. The van der Waals surface area contributed by atoms with E-state index in [2.05, 4.69) is 31.5 Å². The van der Waals surface area contributed by atoms with Crippen molar-refractivity contribution < 1.29 is 19.4 Å². The van der Waals surface area contributed by atoms with Crippen molar-refractivity contribution in [3.8, 4) is 0 Å². The van der Waals surface area contributed by atoms with Crippen LogP contribution in [-0.2, 0) is 22.4 Å². The van der Waals surface area contributed by atoms with Gasteiger partial charge in [-0.05, 0) is 30.2 Å². The number of aromatic nitrogens is 2. The average Bonchev–Trinajstić information content (AvgIpc) is 3.25. The highest BCUT2D eigenvalue weighted by Gasteiger charge is 2.36. The van der Waals surface area contributed by atoms with Gasteiger partial charge in [-0.15, -0.1) is 0 Å². The fraction of sp³-hybridized carbons (Fsp3) is 0.308. The third-order valence-electron chi connectivity index (χ3n) is 6.00. The van der Waals surface area contributed by atoms with Crippen LogP contribution in [0.1, 0.15) is 41.1 Å².